The normalized spacial score (nSPS) is 10.1. The van der Waals surface area contributed by atoms with Gasteiger partial charge < -0.3 is 9.47 Å². The molecule has 0 atom stereocenters. The molecule has 2 amide bonds. The molecule has 0 aliphatic rings. The van der Waals surface area contributed by atoms with Crippen LogP contribution in [-0.4, -0.2) is 31.6 Å². The molecule has 0 saturated heterocycles. The highest BCUT2D eigenvalue weighted by atomic mass is 16.5. The lowest BCUT2D eigenvalue weighted by Gasteiger charge is -2.10. The molecule has 1 rings (SSSR count). The Balaban J connectivity index is 2.51. The van der Waals surface area contributed by atoms with Gasteiger partial charge in [-0.25, -0.2) is 0 Å². The maximum atomic E-state index is 11.7. The zero-order chi connectivity index (χ0) is 14.3. The van der Waals surface area contributed by atoms with Crippen molar-refractivity contribution in [2.24, 2.45) is 0 Å². The maximum Gasteiger partial charge on any atom is 0.269 e. The number of rotatable bonds is 5. The number of benzene rings is 1. The molecular formula is C13H18N2O4. The van der Waals surface area contributed by atoms with Crippen molar-refractivity contribution in [1.82, 2.24) is 10.9 Å². The van der Waals surface area contributed by atoms with E-state index in [-0.39, 0.29) is 12.7 Å². The van der Waals surface area contributed by atoms with Gasteiger partial charge in [-0.15, -0.1) is 0 Å². The van der Waals surface area contributed by atoms with Crippen LogP contribution in [0.15, 0.2) is 24.3 Å². The maximum absolute atomic E-state index is 11.7. The SMILES string of the molecule is COCC(=O)NNC(=O)c1ccc(OC(C)C)cc1. The van der Waals surface area contributed by atoms with Gasteiger partial charge in [-0.1, -0.05) is 0 Å². The Morgan fingerprint density at radius 2 is 1.79 bits per heavy atom. The molecule has 0 saturated carbocycles. The molecule has 0 fully saturated rings. The minimum absolute atomic E-state index is 0.0769. The van der Waals surface area contributed by atoms with E-state index in [1.165, 1.54) is 7.11 Å². The Kier molecular flexibility index (Phi) is 5.81. The third-order valence-corrected chi connectivity index (χ3v) is 2.08. The lowest BCUT2D eigenvalue weighted by atomic mass is 10.2. The number of carbonyl (C=O) groups excluding carboxylic acids is 2. The number of methoxy groups -OCH3 is 1. The van der Waals surface area contributed by atoms with E-state index in [0.717, 1.165) is 0 Å². The zero-order valence-electron chi connectivity index (χ0n) is 11.2. The fraction of sp³-hybridized carbons (Fsp3) is 0.385. The lowest BCUT2D eigenvalue weighted by molar-refractivity contribution is -0.125. The van der Waals surface area contributed by atoms with Gasteiger partial charge >= 0.3 is 0 Å². The van der Waals surface area contributed by atoms with E-state index in [9.17, 15) is 9.59 Å². The molecular weight excluding hydrogens is 248 g/mol. The molecule has 0 aliphatic heterocycles. The van der Waals surface area contributed by atoms with E-state index in [2.05, 4.69) is 15.6 Å². The molecule has 0 aliphatic carbocycles. The number of hydrazine groups is 1. The number of ether oxygens (including phenoxy) is 2. The van der Waals surface area contributed by atoms with Crippen LogP contribution >= 0.6 is 0 Å². The summed E-state index contributed by atoms with van der Waals surface area (Å²) in [7, 11) is 1.40. The van der Waals surface area contributed by atoms with Gasteiger partial charge in [-0.2, -0.15) is 0 Å². The molecule has 19 heavy (non-hydrogen) atoms. The second-order valence-corrected chi connectivity index (χ2v) is 4.13. The third-order valence-electron chi connectivity index (χ3n) is 2.08. The van der Waals surface area contributed by atoms with Crippen LogP contribution in [0.3, 0.4) is 0 Å². The number of amides is 2. The van der Waals surface area contributed by atoms with E-state index >= 15 is 0 Å². The summed E-state index contributed by atoms with van der Waals surface area (Å²) in [4.78, 5) is 22.8. The third kappa shape index (κ3) is 5.39. The highest BCUT2D eigenvalue weighted by molar-refractivity contribution is 5.95. The van der Waals surface area contributed by atoms with Crippen LogP contribution in [0.25, 0.3) is 0 Å². The smallest absolute Gasteiger partial charge is 0.269 e. The topological polar surface area (TPSA) is 76.7 Å². The van der Waals surface area contributed by atoms with Crippen molar-refractivity contribution in [3.05, 3.63) is 29.8 Å². The van der Waals surface area contributed by atoms with Crippen LogP contribution in [0.5, 0.6) is 5.75 Å². The molecule has 6 nitrogen and oxygen atoms in total. The van der Waals surface area contributed by atoms with Gasteiger partial charge in [0, 0.05) is 12.7 Å². The minimum atomic E-state index is -0.421. The monoisotopic (exact) mass is 266 g/mol. The molecule has 1 aromatic carbocycles. The van der Waals surface area contributed by atoms with Gasteiger partial charge in [0.1, 0.15) is 12.4 Å². The molecule has 0 heterocycles. The average molecular weight is 266 g/mol. The fourth-order valence-corrected chi connectivity index (χ4v) is 1.32. The largest absolute Gasteiger partial charge is 0.491 e. The first-order valence-electron chi connectivity index (χ1n) is 5.87. The summed E-state index contributed by atoms with van der Waals surface area (Å²) >= 11 is 0. The van der Waals surface area contributed by atoms with Crippen LogP contribution in [0.4, 0.5) is 0 Å². The molecule has 104 valence electrons. The molecule has 1 aromatic rings. The fourth-order valence-electron chi connectivity index (χ4n) is 1.32. The van der Waals surface area contributed by atoms with Gasteiger partial charge in [0.25, 0.3) is 11.8 Å². The summed E-state index contributed by atoms with van der Waals surface area (Å²) in [5, 5.41) is 0. The molecule has 0 bridgehead atoms. The number of carbonyl (C=O) groups is 2. The molecule has 0 radical (unpaired) electrons. The summed E-state index contributed by atoms with van der Waals surface area (Å²) in [5.74, 6) is -0.133. The summed E-state index contributed by atoms with van der Waals surface area (Å²) < 4.78 is 10.1. The van der Waals surface area contributed by atoms with Crippen LogP contribution in [0.1, 0.15) is 24.2 Å². The molecule has 6 heteroatoms. The van der Waals surface area contributed by atoms with Gasteiger partial charge in [-0.05, 0) is 38.1 Å². The minimum Gasteiger partial charge on any atom is -0.491 e. The quantitative estimate of drug-likeness (QED) is 0.776. The van der Waals surface area contributed by atoms with Crippen LogP contribution in [0, 0.1) is 0 Å². The summed E-state index contributed by atoms with van der Waals surface area (Å²) in [6.45, 7) is 3.74. The second-order valence-electron chi connectivity index (χ2n) is 4.13. The van der Waals surface area contributed by atoms with Gasteiger partial charge in [0.2, 0.25) is 0 Å². The molecule has 0 unspecified atom stereocenters. The first-order valence-corrected chi connectivity index (χ1v) is 5.87. The first-order chi connectivity index (χ1) is 9.02. The Labute approximate surface area is 112 Å². The van der Waals surface area contributed by atoms with E-state index in [4.69, 9.17) is 4.74 Å². The van der Waals surface area contributed by atoms with Crippen molar-refractivity contribution in [2.75, 3.05) is 13.7 Å². The number of nitrogens with one attached hydrogen (secondary N) is 2. The standard InChI is InChI=1S/C13H18N2O4/c1-9(2)19-11-6-4-10(5-7-11)13(17)15-14-12(16)8-18-3/h4-7,9H,8H2,1-3H3,(H,14,16)(H,15,17). The second kappa shape index (κ2) is 7.38. The lowest BCUT2D eigenvalue weighted by Crippen LogP contribution is -2.43. The number of hydrogen-bond acceptors (Lipinski definition) is 4. The highest BCUT2D eigenvalue weighted by Crippen LogP contribution is 2.13. The zero-order valence-corrected chi connectivity index (χ0v) is 11.2. The molecule has 0 aromatic heterocycles. The van der Waals surface area contributed by atoms with Crippen LogP contribution in [0.2, 0.25) is 0 Å². The van der Waals surface area contributed by atoms with E-state index < -0.39 is 11.8 Å². The van der Waals surface area contributed by atoms with E-state index in [0.29, 0.717) is 11.3 Å². The van der Waals surface area contributed by atoms with Crippen molar-refractivity contribution in [3.8, 4) is 5.75 Å². The van der Waals surface area contributed by atoms with Crippen molar-refractivity contribution in [1.29, 1.82) is 0 Å². The Hall–Kier alpha value is -2.08. The Morgan fingerprint density at radius 1 is 1.16 bits per heavy atom. The van der Waals surface area contributed by atoms with Gasteiger partial charge in [0.15, 0.2) is 0 Å². The first kappa shape index (κ1) is 15.0. The molecule has 0 spiro atoms. The van der Waals surface area contributed by atoms with Gasteiger partial charge in [0.05, 0.1) is 6.10 Å². The van der Waals surface area contributed by atoms with Crippen molar-refractivity contribution in [3.63, 3.8) is 0 Å². The van der Waals surface area contributed by atoms with E-state index in [1.54, 1.807) is 24.3 Å². The van der Waals surface area contributed by atoms with Crippen LogP contribution in [-0.2, 0) is 9.53 Å². The van der Waals surface area contributed by atoms with E-state index in [1.807, 2.05) is 13.8 Å². The van der Waals surface area contributed by atoms with Crippen LogP contribution < -0.4 is 15.6 Å². The predicted molar refractivity (Wildman–Crippen MR) is 69.7 cm³/mol. The summed E-state index contributed by atoms with van der Waals surface area (Å²) in [6, 6.07) is 6.64. The predicted octanol–water partition coefficient (Wildman–Crippen LogP) is 0.881. The van der Waals surface area contributed by atoms with Gasteiger partial charge in [-0.3, -0.25) is 20.4 Å². The van der Waals surface area contributed by atoms with Crippen molar-refractivity contribution < 1.29 is 19.1 Å². The Bertz CT molecular complexity index is 429. The highest BCUT2D eigenvalue weighted by Gasteiger charge is 2.07. The van der Waals surface area contributed by atoms with Crippen molar-refractivity contribution in [2.45, 2.75) is 20.0 Å². The number of hydrogen-bond donors (Lipinski definition) is 2. The Morgan fingerprint density at radius 3 is 2.32 bits per heavy atom. The average Bonchev–Trinajstić information content (AvgIpc) is 2.36. The summed E-state index contributed by atoms with van der Waals surface area (Å²) in [6.07, 6.45) is 0.0769. The summed E-state index contributed by atoms with van der Waals surface area (Å²) in [5.41, 5.74) is 4.94. The molecule has 2 N–H and O–H groups in total. The van der Waals surface area contributed by atoms with Crippen molar-refractivity contribution >= 4 is 11.8 Å².